The molecule has 1 aliphatic rings. The maximum atomic E-state index is 12.3. The van der Waals surface area contributed by atoms with E-state index in [0.717, 1.165) is 12.8 Å². The van der Waals surface area contributed by atoms with Gasteiger partial charge in [-0.05, 0) is 12.3 Å². The lowest BCUT2D eigenvalue weighted by atomic mass is 9.99. The summed E-state index contributed by atoms with van der Waals surface area (Å²) in [6.45, 7) is 6.38. The van der Waals surface area contributed by atoms with Crippen LogP contribution in [-0.2, 0) is 14.6 Å². The third-order valence-corrected chi connectivity index (χ3v) is 4.52. The summed E-state index contributed by atoms with van der Waals surface area (Å²) in [5, 5.41) is 3.31. The fourth-order valence-corrected chi connectivity index (χ4v) is 2.74. The molecule has 1 saturated heterocycles. The number of nitrogens with one attached hydrogen (secondary N) is 1. The topological polar surface area (TPSA) is 66.5 Å². The number of carbonyl (C=O) groups excluding carboxylic acids is 1. The van der Waals surface area contributed by atoms with Crippen LogP contribution in [0.2, 0.25) is 0 Å². The van der Waals surface area contributed by atoms with Crippen molar-refractivity contribution in [2.75, 3.05) is 18.6 Å². The summed E-state index contributed by atoms with van der Waals surface area (Å²) in [5.41, 5.74) is 0. The van der Waals surface area contributed by atoms with E-state index in [9.17, 15) is 13.2 Å². The van der Waals surface area contributed by atoms with Crippen LogP contribution in [0.25, 0.3) is 0 Å². The van der Waals surface area contributed by atoms with Gasteiger partial charge in [0.2, 0.25) is 5.91 Å². The minimum absolute atomic E-state index is 0.0294. The zero-order valence-corrected chi connectivity index (χ0v) is 12.5. The van der Waals surface area contributed by atoms with Crippen LogP contribution in [0.4, 0.5) is 0 Å². The van der Waals surface area contributed by atoms with Crippen molar-refractivity contribution in [3.63, 3.8) is 0 Å². The van der Waals surface area contributed by atoms with E-state index in [-0.39, 0.29) is 36.3 Å². The standard InChI is InChI=1S/C12H24N2O3S/c1-5-9(3)11-12(15)14(10(6-2)13-11)7-8-18(4,16)17/h9-11,13H,5-8H2,1-4H3. The fraction of sp³-hybridized carbons (Fsp3) is 0.917. The van der Waals surface area contributed by atoms with Gasteiger partial charge in [-0.3, -0.25) is 10.1 Å². The van der Waals surface area contributed by atoms with E-state index in [1.165, 1.54) is 6.26 Å². The molecule has 1 aliphatic heterocycles. The summed E-state index contributed by atoms with van der Waals surface area (Å²) in [6, 6.07) is -0.167. The van der Waals surface area contributed by atoms with Gasteiger partial charge in [-0.2, -0.15) is 0 Å². The quantitative estimate of drug-likeness (QED) is 0.772. The van der Waals surface area contributed by atoms with E-state index in [1.807, 2.05) is 13.8 Å². The smallest absolute Gasteiger partial charge is 0.241 e. The molecule has 18 heavy (non-hydrogen) atoms. The van der Waals surface area contributed by atoms with Crippen LogP contribution in [0.1, 0.15) is 33.6 Å². The van der Waals surface area contributed by atoms with Crippen LogP contribution in [0.15, 0.2) is 0 Å². The monoisotopic (exact) mass is 276 g/mol. The largest absolute Gasteiger partial charge is 0.325 e. The molecule has 0 aromatic carbocycles. The first-order valence-corrected chi connectivity index (χ1v) is 8.60. The van der Waals surface area contributed by atoms with E-state index in [2.05, 4.69) is 12.2 Å². The van der Waals surface area contributed by atoms with E-state index >= 15 is 0 Å². The van der Waals surface area contributed by atoms with Gasteiger partial charge in [0.1, 0.15) is 9.84 Å². The van der Waals surface area contributed by atoms with Crippen molar-refractivity contribution in [3.8, 4) is 0 Å². The zero-order valence-electron chi connectivity index (χ0n) is 11.6. The molecule has 0 spiro atoms. The molecule has 0 aliphatic carbocycles. The molecular weight excluding hydrogens is 252 g/mol. The lowest BCUT2D eigenvalue weighted by molar-refractivity contribution is -0.130. The van der Waals surface area contributed by atoms with Crippen LogP contribution in [-0.4, -0.2) is 50.0 Å². The lowest BCUT2D eigenvalue weighted by Gasteiger charge is -2.22. The van der Waals surface area contributed by atoms with Gasteiger partial charge in [-0.15, -0.1) is 0 Å². The molecule has 3 unspecified atom stereocenters. The number of sulfone groups is 1. The van der Waals surface area contributed by atoms with Gasteiger partial charge in [-0.25, -0.2) is 8.42 Å². The van der Waals surface area contributed by atoms with Crippen molar-refractivity contribution in [3.05, 3.63) is 0 Å². The molecule has 1 N–H and O–H groups in total. The molecule has 1 heterocycles. The molecule has 0 aromatic heterocycles. The second kappa shape index (κ2) is 6.02. The minimum atomic E-state index is -3.03. The summed E-state index contributed by atoms with van der Waals surface area (Å²) < 4.78 is 22.4. The average molecular weight is 276 g/mol. The number of hydrogen-bond donors (Lipinski definition) is 1. The Balaban J connectivity index is 2.74. The Morgan fingerprint density at radius 1 is 1.39 bits per heavy atom. The van der Waals surface area contributed by atoms with Crippen molar-refractivity contribution in [1.29, 1.82) is 0 Å². The summed E-state index contributed by atoms with van der Waals surface area (Å²) in [6.07, 6.45) is 2.90. The Morgan fingerprint density at radius 2 is 2.00 bits per heavy atom. The van der Waals surface area contributed by atoms with Gasteiger partial charge < -0.3 is 4.90 Å². The molecule has 0 radical (unpaired) electrons. The van der Waals surface area contributed by atoms with Gasteiger partial charge in [0.05, 0.1) is 18.0 Å². The maximum absolute atomic E-state index is 12.3. The van der Waals surface area contributed by atoms with E-state index in [0.29, 0.717) is 0 Å². The fourth-order valence-electron chi connectivity index (χ4n) is 2.21. The van der Waals surface area contributed by atoms with Crippen molar-refractivity contribution in [2.45, 2.75) is 45.8 Å². The van der Waals surface area contributed by atoms with Gasteiger partial charge in [0, 0.05) is 12.8 Å². The van der Waals surface area contributed by atoms with Crippen LogP contribution in [0.3, 0.4) is 0 Å². The van der Waals surface area contributed by atoms with Crippen molar-refractivity contribution in [1.82, 2.24) is 10.2 Å². The van der Waals surface area contributed by atoms with Gasteiger partial charge in [0.25, 0.3) is 0 Å². The molecular formula is C12H24N2O3S. The predicted molar refractivity (Wildman–Crippen MR) is 71.9 cm³/mol. The first kappa shape index (κ1) is 15.4. The minimum Gasteiger partial charge on any atom is -0.325 e. The van der Waals surface area contributed by atoms with Crippen LogP contribution < -0.4 is 5.32 Å². The molecule has 6 heteroatoms. The SMILES string of the molecule is CCC(C)C1NC(CC)N(CCS(C)(=O)=O)C1=O. The highest BCUT2D eigenvalue weighted by molar-refractivity contribution is 7.90. The highest BCUT2D eigenvalue weighted by atomic mass is 32.2. The number of amides is 1. The first-order chi connectivity index (χ1) is 8.30. The Labute approximate surface area is 110 Å². The van der Waals surface area contributed by atoms with E-state index < -0.39 is 9.84 Å². The highest BCUT2D eigenvalue weighted by Crippen LogP contribution is 2.20. The molecule has 5 nitrogen and oxygen atoms in total. The third kappa shape index (κ3) is 3.68. The van der Waals surface area contributed by atoms with Crippen molar-refractivity contribution < 1.29 is 13.2 Å². The molecule has 0 saturated carbocycles. The molecule has 1 amide bonds. The second-order valence-corrected chi connectivity index (χ2v) is 7.38. The number of carbonyl (C=O) groups is 1. The van der Waals surface area contributed by atoms with Gasteiger partial charge >= 0.3 is 0 Å². The molecule has 3 atom stereocenters. The predicted octanol–water partition coefficient (Wildman–Crippen LogP) is 0.614. The highest BCUT2D eigenvalue weighted by Gasteiger charge is 2.39. The molecule has 1 rings (SSSR count). The van der Waals surface area contributed by atoms with Crippen LogP contribution in [0, 0.1) is 5.92 Å². The number of nitrogens with zero attached hydrogens (tertiary/aromatic N) is 1. The number of rotatable bonds is 6. The Kier molecular flexibility index (Phi) is 5.16. The number of hydrogen-bond acceptors (Lipinski definition) is 4. The zero-order chi connectivity index (χ0) is 13.9. The van der Waals surface area contributed by atoms with Gasteiger partial charge in [0.15, 0.2) is 0 Å². The van der Waals surface area contributed by atoms with Crippen LogP contribution in [0.5, 0.6) is 0 Å². The Bertz CT molecular complexity index is 394. The van der Waals surface area contributed by atoms with Crippen LogP contribution >= 0.6 is 0 Å². The summed E-state index contributed by atoms with van der Waals surface area (Å²) >= 11 is 0. The maximum Gasteiger partial charge on any atom is 0.241 e. The van der Waals surface area contributed by atoms with Crippen molar-refractivity contribution >= 4 is 15.7 Å². The summed E-state index contributed by atoms with van der Waals surface area (Å²) in [4.78, 5) is 13.9. The molecule has 0 bridgehead atoms. The van der Waals surface area contributed by atoms with E-state index in [4.69, 9.17) is 0 Å². The molecule has 106 valence electrons. The summed E-state index contributed by atoms with van der Waals surface area (Å²) in [5.74, 6) is 0.346. The summed E-state index contributed by atoms with van der Waals surface area (Å²) in [7, 11) is -3.03. The first-order valence-electron chi connectivity index (χ1n) is 6.54. The van der Waals surface area contributed by atoms with Gasteiger partial charge in [-0.1, -0.05) is 27.2 Å². The lowest BCUT2D eigenvalue weighted by Crippen LogP contribution is -2.39. The average Bonchev–Trinajstić information content (AvgIpc) is 2.61. The second-order valence-electron chi connectivity index (χ2n) is 5.12. The van der Waals surface area contributed by atoms with Crippen molar-refractivity contribution in [2.24, 2.45) is 5.92 Å². The third-order valence-electron chi connectivity index (χ3n) is 3.60. The van der Waals surface area contributed by atoms with E-state index in [1.54, 1.807) is 4.90 Å². The Hall–Kier alpha value is -0.620. The Morgan fingerprint density at radius 3 is 2.44 bits per heavy atom. The molecule has 1 fully saturated rings. The molecule has 0 aromatic rings. The normalized spacial score (nSPS) is 26.7.